The normalized spacial score (nSPS) is 16.0. The second kappa shape index (κ2) is 4.94. The summed E-state index contributed by atoms with van der Waals surface area (Å²) in [5.41, 5.74) is 1.17. The standard InChI is InChI=1S/C11H11NO4/c12-6-8-3-9(11-14-1-2-15-11)5-10(4-8)16-7-13/h3-5,11,13H,1-2,7H2. The lowest BCUT2D eigenvalue weighted by Crippen LogP contribution is -2.01. The van der Waals surface area contributed by atoms with E-state index in [-0.39, 0.29) is 0 Å². The van der Waals surface area contributed by atoms with E-state index < -0.39 is 13.1 Å². The largest absolute Gasteiger partial charge is 0.468 e. The lowest BCUT2D eigenvalue weighted by Gasteiger charge is -2.11. The van der Waals surface area contributed by atoms with Crippen molar-refractivity contribution in [3.63, 3.8) is 0 Å². The molecule has 1 saturated heterocycles. The number of nitriles is 1. The van der Waals surface area contributed by atoms with E-state index in [4.69, 9.17) is 24.6 Å². The topological polar surface area (TPSA) is 71.7 Å². The smallest absolute Gasteiger partial charge is 0.186 e. The minimum Gasteiger partial charge on any atom is -0.468 e. The Morgan fingerprint density at radius 3 is 2.75 bits per heavy atom. The Morgan fingerprint density at radius 1 is 1.38 bits per heavy atom. The first kappa shape index (κ1) is 10.9. The fraction of sp³-hybridized carbons (Fsp3) is 0.364. The Hall–Kier alpha value is -1.61. The van der Waals surface area contributed by atoms with Crippen LogP contribution in [0, 0.1) is 11.3 Å². The summed E-state index contributed by atoms with van der Waals surface area (Å²) in [4.78, 5) is 0. The quantitative estimate of drug-likeness (QED) is 0.769. The average Bonchev–Trinajstić information content (AvgIpc) is 2.82. The number of hydrogen-bond acceptors (Lipinski definition) is 5. The first-order valence-corrected chi connectivity index (χ1v) is 4.85. The molecule has 84 valence electrons. The zero-order valence-electron chi connectivity index (χ0n) is 8.55. The third-order valence-corrected chi connectivity index (χ3v) is 2.18. The van der Waals surface area contributed by atoms with E-state index in [9.17, 15) is 0 Å². The fourth-order valence-electron chi connectivity index (χ4n) is 1.53. The molecule has 0 aliphatic carbocycles. The zero-order valence-corrected chi connectivity index (χ0v) is 8.55. The highest BCUT2D eigenvalue weighted by Crippen LogP contribution is 2.27. The van der Waals surface area contributed by atoms with Crippen molar-refractivity contribution in [3.8, 4) is 11.8 Å². The number of ether oxygens (including phenoxy) is 3. The fourth-order valence-corrected chi connectivity index (χ4v) is 1.53. The molecular weight excluding hydrogens is 210 g/mol. The lowest BCUT2D eigenvalue weighted by atomic mass is 10.1. The van der Waals surface area contributed by atoms with E-state index in [1.165, 1.54) is 0 Å². The van der Waals surface area contributed by atoms with Gasteiger partial charge in [-0.05, 0) is 18.2 Å². The van der Waals surface area contributed by atoms with Crippen LogP contribution in [0.5, 0.6) is 5.75 Å². The molecule has 0 bridgehead atoms. The van der Waals surface area contributed by atoms with Crippen LogP contribution >= 0.6 is 0 Å². The van der Waals surface area contributed by atoms with Crippen LogP contribution in [0.15, 0.2) is 18.2 Å². The van der Waals surface area contributed by atoms with Crippen LogP contribution in [-0.4, -0.2) is 25.1 Å². The Labute approximate surface area is 92.8 Å². The molecule has 0 spiro atoms. The van der Waals surface area contributed by atoms with Gasteiger partial charge in [-0.15, -0.1) is 0 Å². The highest BCUT2D eigenvalue weighted by atomic mass is 16.7. The van der Waals surface area contributed by atoms with Crippen LogP contribution in [0.2, 0.25) is 0 Å². The van der Waals surface area contributed by atoms with Crippen LogP contribution in [-0.2, 0) is 9.47 Å². The maximum Gasteiger partial charge on any atom is 0.186 e. The number of aliphatic hydroxyl groups is 1. The van der Waals surface area contributed by atoms with Gasteiger partial charge in [0.15, 0.2) is 13.1 Å². The Balaban J connectivity index is 2.29. The molecular formula is C11H11NO4. The highest BCUT2D eigenvalue weighted by Gasteiger charge is 2.19. The molecule has 0 saturated carbocycles. The number of benzene rings is 1. The van der Waals surface area contributed by atoms with Gasteiger partial charge in [0.05, 0.1) is 24.8 Å². The van der Waals surface area contributed by atoms with Gasteiger partial charge in [-0.2, -0.15) is 5.26 Å². The third kappa shape index (κ3) is 2.31. The van der Waals surface area contributed by atoms with Crippen molar-refractivity contribution in [1.29, 1.82) is 5.26 Å². The van der Waals surface area contributed by atoms with Crippen molar-refractivity contribution in [1.82, 2.24) is 0 Å². The second-order valence-corrected chi connectivity index (χ2v) is 3.25. The van der Waals surface area contributed by atoms with Gasteiger partial charge in [0.25, 0.3) is 0 Å². The summed E-state index contributed by atoms with van der Waals surface area (Å²) < 4.78 is 15.6. The summed E-state index contributed by atoms with van der Waals surface area (Å²) in [6, 6.07) is 6.94. The number of nitrogens with zero attached hydrogens (tertiary/aromatic N) is 1. The van der Waals surface area contributed by atoms with Crippen molar-refractivity contribution < 1.29 is 19.3 Å². The van der Waals surface area contributed by atoms with Gasteiger partial charge >= 0.3 is 0 Å². The van der Waals surface area contributed by atoms with Crippen LogP contribution in [0.25, 0.3) is 0 Å². The third-order valence-electron chi connectivity index (χ3n) is 2.18. The summed E-state index contributed by atoms with van der Waals surface area (Å²) in [7, 11) is 0. The average molecular weight is 221 g/mol. The molecule has 16 heavy (non-hydrogen) atoms. The van der Waals surface area contributed by atoms with Gasteiger partial charge < -0.3 is 19.3 Å². The Kier molecular flexibility index (Phi) is 3.37. The zero-order chi connectivity index (χ0) is 11.4. The summed E-state index contributed by atoms with van der Waals surface area (Å²) in [6.45, 7) is 0.649. The monoisotopic (exact) mass is 221 g/mol. The maximum absolute atomic E-state index is 8.85. The molecule has 1 fully saturated rings. The molecule has 1 aromatic carbocycles. The number of hydrogen-bond donors (Lipinski definition) is 1. The van der Waals surface area contributed by atoms with E-state index >= 15 is 0 Å². The molecule has 5 heteroatoms. The maximum atomic E-state index is 8.85. The van der Waals surface area contributed by atoms with Crippen molar-refractivity contribution in [2.45, 2.75) is 6.29 Å². The molecule has 0 aromatic heterocycles. The van der Waals surface area contributed by atoms with Crippen molar-refractivity contribution >= 4 is 0 Å². The van der Waals surface area contributed by atoms with Gasteiger partial charge in [0.1, 0.15) is 5.75 Å². The van der Waals surface area contributed by atoms with Crippen LogP contribution in [0.4, 0.5) is 0 Å². The minimum absolute atomic E-state index is 0.427. The van der Waals surface area contributed by atoms with Crippen molar-refractivity contribution in [3.05, 3.63) is 29.3 Å². The Bertz CT molecular complexity index is 407. The summed E-state index contributed by atoms with van der Waals surface area (Å²) in [5, 5.41) is 17.5. The minimum atomic E-state index is -0.450. The van der Waals surface area contributed by atoms with E-state index in [1.807, 2.05) is 6.07 Å². The van der Waals surface area contributed by atoms with Gasteiger partial charge in [0.2, 0.25) is 0 Å². The molecule has 1 N–H and O–H groups in total. The van der Waals surface area contributed by atoms with E-state index in [1.54, 1.807) is 18.2 Å². The van der Waals surface area contributed by atoms with Crippen molar-refractivity contribution in [2.24, 2.45) is 0 Å². The number of rotatable bonds is 3. The summed E-state index contributed by atoms with van der Waals surface area (Å²) >= 11 is 0. The number of aliphatic hydroxyl groups excluding tert-OH is 1. The predicted molar refractivity (Wildman–Crippen MR) is 53.5 cm³/mol. The molecule has 0 atom stereocenters. The molecule has 0 amide bonds. The summed E-state index contributed by atoms with van der Waals surface area (Å²) in [6.07, 6.45) is -0.450. The molecule has 1 aromatic rings. The first-order chi connectivity index (χ1) is 7.83. The van der Waals surface area contributed by atoms with Gasteiger partial charge in [-0.3, -0.25) is 0 Å². The van der Waals surface area contributed by atoms with E-state index in [0.29, 0.717) is 24.5 Å². The molecule has 0 radical (unpaired) electrons. The summed E-state index contributed by atoms with van der Waals surface area (Å²) in [5.74, 6) is 0.427. The Morgan fingerprint density at radius 2 is 2.12 bits per heavy atom. The van der Waals surface area contributed by atoms with Crippen LogP contribution in [0.1, 0.15) is 17.4 Å². The van der Waals surface area contributed by atoms with E-state index in [0.717, 1.165) is 5.56 Å². The van der Waals surface area contributed by atoms with Crippen LogP contribution in [0.3, 0.4) is 0 Å². The molecule has 0 unspecified atom stereocenters. The SMILES string of the molecule is N#Cc1cc(OCO)cc(C2OCCO2)c1. The lowest BCUT2D eigenvalue weighted by molar-refractivity contribution is -0.0443. The first-order valence-electron chi connectivity index (χ1n) is 4.85. The highest BCUT2D eigenvalue weighted by molar-refractivity contribution is 5.41. The molecule has 5 nitrogen and oxygen atoms in total. The molecule has 2 rings (SSSR count). The van der Waals surface area contributed by atoms with Gasteiger partial charge in [-0.25, -0.2) is 0 Å². The predicted octanol–water partition coefficient (Wildman–Crippen LogP) is 0.932. The van der Waals surface area contributed by atoms with Gasteiger partial charge in [0, 0.05) is 5.56 Å². The molecule has 1 aliphatic heterocycles. The molecule has 1 aliphatic rings. The second-order valence-electron chi connectivity index (χ2n) is 3.25. The van der Waals surface area contributed by atoms with Gasteiger partial charge in [-0.1, -0.05) is 0 Å². The van der Waals surface area contributed by atoms with Crippen molar-refractivity contribution in [2.75, 3.05) is 20.0 Å². The van der Waals surface area contributed by atoms with E-state index in [2.05, 4.69) is 0 Å². The molecule has 1 heterocycles. The van der Waals surface area contributed by atoms with Crippen LogP contribution < -0.4 is 4.74 Å².